The van der Waals surface area contributed by atoms with Crippen molar-refractivity contribution in [3.05, 3.63) is 23.3 Å². The standard InChI is InChI=1S/C20H28O4/c1-12-6-5-7-15-19(3,9-8-14-10-16(21)24-11-14)13(2)17(22)18(23)20(12,15)4/h6,10,13,15,18,23H,5,7-9,11H2,1-4H3. The van der Waals surface area contributed by atoms with Crippen molar-refractivity contribution in [1.82, 2.24) is 0 Å². The van der Waals surface area contributed by atoms with E-state index in [9.17, 15) is 14.7 Å². The van der Waals surface area contributed by atoms with Gasteiger partial charge >= 0.3 is 5.97 Å². The Hall–Kier alpha value is -1.42. The van der Waals surface area contributed by atoms with Crippen molar-refractivity contribution in [3.63, 3.8) is 0 Å². The highest BCUT2D eigenvalue weighted by Crippen LogP contribution is 2.60. The van der Waals surface area contributed by atoms with E-state index in [4.69, 9.17) is 4.74 Å². The lowest BCUT2D eigenvalue weighted by atomic mass is 9.45. The highest BCUT2D eigenvalue weighted by atomic mass is 16.5. The van der Waals surface area contributed by atoms with Crippen LogP contribution < -0.4 is 0 Å². The van der Waals surface area contributed by atoms with Crippen LogP contribution in [-0.2, 0) is 14.3 Å². The molecular formula is C20H28O4. The predicted octanol–water partition coefficient (Wildman–Crippen LogP) is 3.20. The topological polar surface area (TPSA) is 63.6 Å². The third-order valence-electron chi connectivity index (χ3n) is 7.24. The first-order chi connectivity index (χ1) is 11.2. The molecule has 0 spiro atoms. The Morgan fingerprint density at radius 1 is 1.33 bits per heavy atom. The number of Topliss-reactive ketones (excluding diaryl/α,β-unsaturated/α-hetero) is 1. The molecule has 132 valence electrons. The summed E-state index contributed by atoms with van der Waals surface area (Å²) in [5, 5.41) is 10.8. The summed E-state index contributed by atoms with van der Waals surface area (Å²) in [5.74, 6) is -0.232. The number of aliphatic hydroxyl groups is 1. The largest absolute Gasteiger partial charge is 0.458 e. The monoisotopic (exact) mass is 332 g/mol. The third-order valence-corrected chi connectivity index (χ3v) is 7.24. The maximum absolute atomic E-state index is 12.8. The average Bonchev–Trinajstić information content (AvgIpc) is 2.97. The summed E-state index contributed by atoms with van der Waals surface area (Å²) in [5.41, 5.74) is 1.48. The van der Waals surface area contributed by atoms with E-state index in [1.807, 2.05) is 13.8 Å². The smallest absolute Gasteiger partial charge is 0.331 e. The molecule has 1 saturated carbocycles. The molecule has 0 aromatic carbocycles. The fourth-order valence-corrected chi connectivity index (χ4v) is 5.22. The molecule has 0 radical (unpaired) electrons. The number of ketones is 1. The number of cyclic esters (lactones) is 1. The zero-order chi connectivity index (χ0) is 17.7. The molecule has 24 heavy (non-hydrogen) atoms. The number of allylic oxidation sites excluding steroid dienone is 1. The van der Waals surface area contributed by atoms with Crippen molar-refractivity contribution < 1.29 is 19.4 Å². The molecule has 1 heterocycles. The Morgan fingerprint density at radius 2 is 2.04 bits per heavy atom. The molecule has 0 bridgehead atoms. The van der Waals surface area contributed by atoms with E-state index in [2.05, 4.69) is 19.9 Å². The van der Waals surface area contributed by atoms with Crippen LogP contribution in [0.25, 0.3) is 0 Å². The zero-order valence-corrected chi connectivity index (χ0v) is 15.1. The van der Waals surface area contributed by atoms with Crippen LogP contribution in [-0.4, -0.2) is 29.6 Å². The molecule has 4 nitrogen and oxygen atoms in total. The van der Waals surface area contributed by atoms with Crippen molar-refractivity contribution in [2.75, 3.05) is 6.61 Å². The molecule has 3 aliphatic rings. The second kappa shape index (κ2) is 5.83. The van der Waals surface area contributed by atoms with Gasteiger partial charge in [-0.2, -0.15) is 0 Å². The van der Waals surface area contributed by atoms with Crippen molar-refractivity contribution >= 4 is 11.8 Å². The lowest BCUT2D eigenvalue weighted by Crippen LogP contribution is -2.61. The van der Waals surface area contributed by atoms with Crippen molar-refractivity contribution in [3.8, 4) is 0 Å². The summed E-state index contributed by atoms with van der Waals surface area (Å²) in [6, 6.07) is 0. The number of esters is 1. The molecule has 5 unspecified atom stereocenters. The van der Waals surface area contributed by atoms with Crippen LogP contribution in [0.3, 0.4) is 0 Å². The summed E-state index contributed by atoms with van der Waals surface area (Å²) < 4.78 is 5.00. The predicted molar refractivity (Wildman–Crippen MR) is 91.1 cm³/mol. The molecule has 0 aromatic rings. The summed E-state index contributed by atoms with van der Waals surface area (Å²) in [6.07, 6.45) is 6.44. The van der Waals surface area contributed by atoms with Gasteiger partial charge in [0.15, 0.2) is 5.78 Å². The van der Waals surface area contributed by atoms with Gasteiger partial charge in [0.25, 0.3) is 0 Å². The lowest BCUT2D eigenvalue weighted by Gasteiger charge is -2.59. The van der Waals surface area contributed by atoms with Crippen LogP contribution in [0.4, 0.5) is 0 Å². The fraction of sp³-hybridized carbons (Fsp3) is 0.700. The van der Waals surface area contributed by atoms with Gasteiger partial charge in [0.1, 0.15) is 12.7 Å². The first-order valence-electron chi connectivity index (χ1n) is 8.96. The van der Waals surface area contributed by atoms with Gasteiger partial charge in [-0.3, -0.25) is 4.79 Å². The summed E-state index contributed by atoms with van der Waals surface area (Å²) in [6.45, 7) is 8.63. The lowest BCUT2D eigenvalue weighted by molar-refractivity contribution is -0.165. The highest BCUT2D eigenvalue weighted by Gasteiger charge is 2.60. The number of carbonyl (C=O) groups is 2. The van der Waals surface area contributed by atoms with Gasteiger partial charge in [-0.25, -0.2) is 4.79 Å². The molecule has 0 aromatic heterocycles. The van der Waals surface area contributed by atoms with Crippen LogP contribution in [0, 0.1) is 22.7 Å². The van der Waals surface area contributed by atoms with E-state index >= 15 is 0 Å². The van der Waals surface area contributed by atoms with Gasteiger partial charge in [-0.05, 0) is 49.5 Å². The number of hydrogen-bond donors (Lipinski definition) is 1. The van der Waals surface area contributed by atoms with E-state index in [1.54, 1.807) is 6.08 Å². The minimum Gasteiger partial charge on any atom is -0.458 e. The molecule has 1 fully saturated rings. The van der Waals surface area contributed by atoms with Gasteiger partial charge in [0.05, 0.1) is 0 Å². The van der Waals surface area contributed by atoms with Crippen LogP contribution >= 0.6 is 0 Å². The molecule has 0 amide bonds. The highest BCUT2D eigenvalue weighted by molar-refractivity contribution is 5.88. The molecule has 4 heteroatoms. The maximum Gasteiger partial charge on any atom is 0.331 e. The number of carbonyl (C=O) groups excluding carboxylic acids is 2. The van der Waals surface area contributed by atoms with E-state index in [-0.39, 0.29) is 29.0 Å². The molecule has 1 aliphatic heterocycles. The molecule has 3 rings (SSSR count). The SMILES string of the molecule is CC1=CCCC2C(C)(CCC3=CC(=O)OC3)C(C)C(=O)C(O)C12C. The van der Waals surface area contributed by atoms with Crippen LogP contribution in [0.2, 0.25) is 0 Å². The van der Waals surface area contributed by atoms with Crippen molar-refractivity contribution in [2.24, 2.45) is 22.7 Å². The Labute approximate surface area is 144 Å². The van der Waals surface area contributed by atoms with E-state index in [0.29, 0.717) is 6.61 Å². The first kappa shape index (κ1) is 17.4. The van der Waals surface area contributed by atoms with E-state index in [1.165, 1.54) is 0 Å². The molecule has 5 atom stereocenters. The molecule has 1 N–H and O–H groups in total. The maximum atomic E-state index is 12.8. The first-order valence-corrected chi connectivity index (χ1v) is 8.96. The Morgan fingerprint density at radius 3 is 2.67 bits per heavy atom. The van der Waals surface area contributed by atoms with Gasteiger partial charge in [-0.1, -0.05) is 32.4 Å². The Kier molecular flexibility index (Phi) is 4.23. The molecular weight excluding hydrogens is 304 g/mol. The Bertz CT molecular complexity index is 632. The van der Waals surface area contributed by atoms with Crippen molar-refractivity contribution in [2.45, 2.75) is 59.5 Å². The quantitative estimate of drug-likeness (QED) is 0.637. The summed E-state index contributed by atoms with van der Waals surface area (Å²) in [7, 11) is 0. The van der Waals surface area contributed by atoms with Crippen LogP contribution in [0.1, 0.15) is 53.4 Å². The van der Waals surface area contributed by atoms with Crippen LogP contribution in [0.5, 0.6) is 0 Å². The molecule has 2 aliphatic carbocycles. The number of fused-ring (bicyclic) bond motifs is 1. The normalized spacial score (nSPS) is 42.3. The Balaban J connectivity index is 1.92. The fourth-order valence-electron chi connectivity index (χ4n) is 5.22. The summed E-state index contributed by atoms with van der Waals surface area (Å²) in [4.78, 5) is 24.1. The number of ether oxygens (including phenoxy) is 1. The van der Waals surface area contributed by atoms with Crippen LogP contribution in [0.15, 0.2) is 23.3 Å². The average molecular weight is 332 g/mol. The van der Waals surface area contributed by atoms with Gasteiger partial charge in [0.2, 0.25) is 0 Å². The number of rotatable bonds is 3. The number of aliphatic hydroxyl groups excluding tert-OH is 1. The number of hydrogen-bond acceptors (Lipinski definition) is 4. The zero-order valence-electron chi connectivity index (χ0n) is 15.1. The summed E-state index contributed by atoms with van der Waals surface area (Å²) >= 11 is 0. The minimum atomic E-state index is -0.919. The second-order valence-electron chi connectivity index (χ2n) is 8.24. The van der Waals surface area contributed by atoms with Gasteiger partial charge in [-0.15, -0.1) is 0 Å². The third kappa shape index (κ3) is 2.38. The molecule has 0 saturated heterocycles. The van der Waals surface area contributed by atoms with Gasteiger partial charge < -0.3 is 9.84 Å². The van der Waals surface area contributed by atoms with Crippen molar-refractivity contribution in [1.29, 1.82) is 0 Å². The minimum absolute atomic E-state index is 0.0429. The second-order valence-corrected chi connectivity index (χ2v) is 8.24. The van der Waals surface area contributed by atoms with Gasteiger partial charge in [0, 0.05) is 17.4 Å². The van der Waals surface area contributed by atoms with E-state index < -0.39 is 11.5 Å². The van der Waals surface area contributed by atoms with E-state index in [0.717, 1.165) is 36.8 Å².